The van der Waals surface area contributed by atoms with E-state index < -0.39 is 0 Å². The van der Waals surface area contributed by atoms with Gasteiger partial charge in [-0.05, 0) is 195 Å². The fourth-order valence-electron chi connectivity index (χ4n) is 16.7. The molecule has 0 aliphatic heterocycles. The third kappa shape index (κ3) is 4.74. The molecule has 1 heteroatoms. The Morgan fingerprint density at radius 3 is 1.08 bits per heavy atom. The maximum Gasteiger partial charge on any atom is 0.143 e. The molecule has 0 radical (unpaired) electrons. The van der Waals surface area contributed by atoms with Gasteiger partial charge >= 0.3 is 0 Å². The van der Waals surface area contributed by atoms with Crippen LogP contribution in [0.4, 0.5) is 0 Å². The molecule has 0 unspecified atom stereocenters. The van der Waals surface area contributed by atoms with E-state index in [1.54, 1.807) is 11.1 Å². The molecule has 1 nitrogen and oxygen atoms in total. The number of benzene rings is 8. The van der Waals surface area contributed by atoms with Crippen LogP contribution in [0.2, 0.25) is 0 Å². The Kier molecular flexibility index (Phi) is 7.06. The highest BCUT2D eigenvalue weighted by atomic mass is 16.3. The van der Waals surface area contributed by atoms with E-state index >= 15 is 0 Å². The zero-order chi connectivity index (χ0) is 39.5. The second-order valence-electron chi connectivity index (χ2n) is 21.1. The Bertz CT molecular complexity index is 3140. The fourth-order valence-corrected chi connectivity index (χ4v) is 16.7. The molecule has 8 saturated carbocycles. The first-order valence-corrected chi connectivity index (χ1v) is 24.0. The van der Waals surface area contributed by atoms with Crippen molar-refractivity contribution in [2.24, 2.45) is 47.3 Å². The van der Waals surface area contributed by atoms with Gasteiger partial charge in [0.05, 0.1) is 0 Å². The predicted octanol–water partition coefficient (Wildman–Crippen LogP) is 16.6. The first-order chi connectivity index (χ1) is 30.2. The highest BCUT2D eigenvalue weighted by Crippen LogP contribution is 2.64. The summed E-state index contributed by atoms with van der Waals surface area (Å²) in [6.45, 7) is 0. The Morgan fingerprint density at radius 1 is 0.311 bits per heavy atom. The smallest absolute Gasteiger partial charge is 0.143 e. The molecule has 8 aliphatic rings. The molecule has 8 fully saturated rings. The number of furan rings is 1. The van der Waals surface area contributed by atoms with Crippen molar-refractivity contribution in [3.8, 4) is 22.3 Å². The van der Waals surface area contributed by atoms with E-state index in [0.29, 0.717) is 11.8 Å². The summed E-state index contributed by atoms with van der Waals surface area (Å²) in [6, 6.07) is 51.5. The Hall–Kier alpha value is -5.40. The molecule has 0 amide bonds. The van der Waals surface area contributed by atoms with Crippen LogP contribution >= 0.6 is 0 Å². The van der Waals surface area contributed by atoms with Crippen molar-refractivity contribution in [3.63, 3.8) is 0 Å². The van der Waals surface area contributed by atoms with Crippen LogP contribution in [-0.2, 0) is 0 Å². The number of rotatable bonds is 4. The summed E-state index contributed by atoms with van der Waals surface area (Å²) < 4.78 is 7.23. The van der Waals surface area contributed by atoms with Crippen LogP contribution in [-0.4, -0.2) is 0 Å². The van der Waals surface area contributed by atoms with Crippen LogP contribution in [0.3, 0.4) is 0 Å². The molecular formula is C60H52O. The van der Waals surface area contributed by atoms with E-state index in [4.69, 9.17) is 4.42 Å². The summed E-state index contributed by atoms with van der Waals surface area (Å²) in [5.41, 5.74) is 10.4. The lowest BCUT2D eigenvalue weighted by Crippen LogP contribution is -2.43. The third-order valence-electron chi connectivity index (χ3n) is 18.1. The molecule has 9 aromatic rings. The number of hydrogen-bond acceptors (Lipinski definition) is 1. The lowest BCUT2D eigenvalue weighted by Gasteiger charge is -2.55. The van der Waals surface area contributed by atoms with Crippen molar-refractivity contribution < 1.29 is 4.42 Å². The molecular weight excluding hydrogens is 737 g/mol. The Balaban J connectivity index is 0.968. The van der Waals surface area contributed by atoms with Crippen molar-refractivity contribution >= 4 is 65.0 Å². The first kappa shape index (κ1) is 34.2. The molecule has 17 rings (SSSR count). The van der Waals surface area contributed by atoms with Gasteiger partial charge in [0, 0.05) is 21.9 Å². The van der Waals surface area contributed by atoms with E-state index in [1.165, 1.54) is 140 Å². The van der Waals surface area contributed by atoms with Crippen molar-refractivity contribution in [3.05, 3.63) is 145 Å². The molecule has 8 aromatic carbocycles. The van der Waals surface area contributed by atoms with Gasteiger partial charge in [-0.1, -0.05) is 127 Å². The fraction of sp³-hybridized carbons (Fsp3) is 0.333. The maximum absolute atomic E-state index is 7.23. The molecule has 0 spiro atoms. The predicted molar refractivity (Wildman–Crippen MR) is 254 cm³/mol. The van der Waals surface area contributed by atoms with Gasteiger partial charge in [0.25, 0.3) is 0 Å². The largest absolute Gasteiger partial charge is 0.455 e. The monoisotopic (exact) mass is 788 g/mol. The molecule has 1 aromatic heterocycles. The average molecular weight is 789 g/mol. The van der Waals surface area contributed by atoms with Gasteiger partial charge in [-0.3, -0.25) is 0 Å². The Labute approximate surface area is 358 Å². The van der Waals surface area contributed by atoms with Gasteiger partial charge < -0.3 is 4.42 Å². The number of hydrogen-bond donors (Lipinski definition) is 0. The molecule has 1 heterocycles. The van der Waals surface area contributed by atoms with Crippen LogP contribution in [0.5, 0.6) is 0 Å². The molecule has 0 N–H and O–H groups in total. The summed E-state index contributed by atoms with van der Waals surface area (Å²) in [5.74, 6) is 8.44. The highest BCUT2D eigenvalue weighted by Gasteiger charge is 2.51. The summed E-state index contributed by atoms with van der Waals surface area (Å²) >= 11 is 0. The van der Waals surface area contributed by atoms with Gasteiger partial charge in [0.2, 0.25) is 0 Å². The van der Waals surface area contributed by atoms with Crippen LogP contribution in [0.15, 0.2) is 138 Å². The van der Waals surface area contributed by atoms with Gasteiger partial charge in [0.1, 0.15) is 11.2 Å². The lowest BCUT2D eigenvalue weighted by atomic mass is 9.50. The molecule has 8 bridgehead atoms. The molecule has 0 saturated heterocycles. The maximum atomic E-state index is 7.23. The molecule has 0 atom stereocenters. The van der Waals surface area contributed by atoms with Gasteiger partial charge in [-0.15, -0.1) is 0 Å². The van der Waals surface area contributed by atoms with Crippen molar-refractivity contribution in [2.45, 2.75) is 76.0 Å². The van der Waals surface area contributed by atoms with Crippen LogP contribution in [0.1, 0.15) is 87.2 Å². The normalized spacial score (nSPS) is 30.0. The molecule has 61 heavy (non-hydrogen) atoms. The Morgan fingerprint density at radius 2 is 0.656 bits per heavy atom. The van der Waals surface area contributed by atoms with Crippen molar-refractivity contribution in [1.82, 2.24) is 0 Å². The highest BCUT2D eigenvalue weighted by molar-refractivity contribution is 6.25. The SMILES string of the molecule is c1cc(-c2c3ccccc3c(C3C4CC5CC(C4)CC3C5)c3ccccc23)c2c(c1)oc1c(-c3c4ccccc4c(C4C5CC6CC(C5)CC4C6)c4ccccc34)cccc12. The minimum atomic E-state index is 0.653. The quantitative estimate of drug-likeness (QED) is 0.162. The average Bonchev–Trinajstić information content (AvgIpc) is 3.68. The van der Waals surface area contributed by atoms with Crippen LogP contribution < -0.4 is 0 Å². The summed E-state index contributed by atoms with van der Waals surface area (Å²) in [5, 5.41) is 13.8. The number of fused-ring (bicyclic) bond motifs is 7. The summed E-state index contributed by atoms with van der Waals surface area (Å²) in [4.78, 5) is 0. The topological polar surface area (TPSA) is 13.1 Å². The zero-order valence-electron chi connectivity index (χ0n) is 35.0. The molecule has 8 aliphatic carbocycles. The lowest BCUT2D eigenvalue weighted by molar-refractivity contribution is -0.00191. The third-order valence-corrected chi connectivity index (χ3v) is 18.1. The van der Waals surface area contributed by atoms with E-state index in [2.05, 4.69) is 133 Å². The summed E-state index contributed by atoms with van der Waals surface area (Å²) in [7, 11) is 0. The standard InChI is InChI=1S/C60H52O/c1-5-15-45-41(11-1)55(42-12-2-6-16-46(42)58(45)53-37-25-33-23-34(27-37)28-38(53)26-33)49-19-10-22-52-57(49)51-21-9-20-50(60(51)61-52)56-43-13-3-7-17-47(43)59(48-18-8-4-14-44(48)56)54-39-29-35-24-36(31-39)32-40(54)30-35/h1-22,33-40,53-54H,23-32H2. The van der Waals surface area contributed by atoms with E-state index in [1.807, 2.05) is 0 Å². The van der Waals surface area contributed by atoms with E-state index in [9.17, 15) is 0 Å². The summed E-state index contributed by atoms with van der Waals surface area (Å²) in [6.07, 6.45) is 14.4. The van der Waals surface area contributed by atoms with E-state index in [0.717, 1.165) is 58.5 Å². The molecule has 298 valence electrons. The van der Waals surface area contributed by atoms with Crippen molar-refractivity contribution in [2.75, 3.05) is 0 Å². The second kappa shape index (κ2) is 12.6. The van der Waals surface area contributed by atoms with Gasteiger partial charge in [0.15, 0.2) is 0 Å². The van der Waals surface area contributed by atoms with Gasteiger partial charge in [-0.2, -0.15) is 0 Å². The van der Waals surface area contributed by atoms with E-state index in [-0.39, 0.29) is 0 Å². The number of para-hydroxylation sites is 1. The van der Waals surface area contributed by atoms with Crippen LogP contribution in [0, 0.1) is 47.3 Å². The van der Waals surface area contributed by atoms with Crippen molar-refractivity contribution in [1.29, 1.82) is 0 Å². The first-order valence-electron chi connectivity index (χ1n) is 24.0. The van der Waals surface area contributed by atoms with Gasteiger partial charge in [-0.25, -0.2) is 0 Å². The minimum absolute atomic E-state index is 0.653. The van der Waals surface area contributed by atoms with Crippen LogP contribution in [0.25, 0.3) is 87.3 Å². The minimum Gasteiger partial charge on any atom is -0.455 e. The second-order valence-corrected chi connectivity index (χ2v) is 21.1. The zero-order valence-corrected chi connectivity index (χ0v) is 35.0.